The molecule has 156 valence electrons. The van der Waals surface area contributed by atoms with Crippen LogP contribution in [0.25, 0.3) is 5.69 Å². The number of urea groups is 1. The number of carbonyl (C=O) groups is 1. The van der Waals surface area contributed by atoms with Crippen molar-refractivity contribution in [2.45, 2.75) is 20.0 Å². The number of aryl methyl sites for hydroxylation is 1. The van der Waals surface area contributed by atoms with E-state index in [9.17, 15) is 4.79 Å². The molecule has 1 aliphatic rings. The summed E-state index contributed by atoms with van der Waals surface area (Å²) in [6.45, 7) is 5.32. The van der Waals surface area contributed by atoms with E-state index in [1.165, 1.54) is 0 Å². The average molecular weight is 445 g/mol. The van der Waals surface area contributed by atoms with E-state index < -0.39 is 0 Å². The number of nitrogens with zero attached hydrogens (tertiary/aromatic N) is 3. The molecule has 6 nitrogen and oxygen atoms in total. The molecular formula is C22H22Cl2N4O2. The molecule has 2 aromatic carbocycles. The molecule has 1 unspecified atom stereocenters. The van der Waals surface area contributed by atoms with Crippen molar-refractivity contribution in [3.63, 3.8) is 0 Å². The van der Waals surface area contributed by atoms with Crippen LogP contribution in [-0.2, 0) is 4.74 Å². The fourth-order valence-electron chi connectivity index (χ4n) is 3.44. The van der Waals surface area contributed by atoms with Gasteiger partial charge in [-0.05, 0) is 37.6 Å². The number of morpholine rings is 1. The van der Waals surface area contributed by atoms with Gasteiger partial charge in [0.15, 0.2) is 0 Å². The first-order chi connectivity index (χ1) is 14.4. The highest BCUT2D eigenvalue weighted by Gasteiger charge is 2.27. The summed E-state index contributed by atoms with van der Waals surface area (Å²) in [4.78, 5) is 14.8. The SMILES string of the molecule is Cc1nn(-c2ccc(Cl)c(Cl)c2)c(NC(=O)N2CCOC(c3ccccc3)C2)c1C. The van der Waals surface area contributed by atoms with Crippen LogP contribution in [0.5, 0.6) is 0 Å². The van der Waals surface area contributed by atoms with Crippen LogP contribution >= 0.6 is 23.2 Å². The summed E-state index contributed by atoms with van der Waals surface area (Å²) in [5.74, 6) is 0.610. The predicted molar refractivity (Wildman–Crippen MR) is 119 cm³/mol. The van der Waals surface area contributed by atoms with Crippen LogP contribution in [0.15, 0.2) is 48.5 Å². The number of amides is 2. The Labute approximate surface area is 185 Å². The molecule has 2 amide bonds. The molecule has 0 bridgehead atoms. The lowest BCUT2D eigenvalue weighted by Crippen LogP contribution is -2.44. The van der Waals surface area contributed by atoms with Crippen molar-refractivity contribution in [1.82, 2.24) is 14.7 Å². The first kappa shape index (κ1) is 20.7. The maximum Gasteiger partial charge on any atom is 0.323 e. The van der Waals surface area contributed by atoms with Gasteiger partial charge in [0.05, 0.1) is 34.6 Å². The van der Waals surface area contributed by atoms with Crippen LogP contribution in [0.1, 0.15) is 22.9 Å². The van der Waals surface area contributed by atoms with Gasteiger partial charge in [-0.1, -0.05) is 53.5 Å². The second-order valence-electron chi connectivity index (χ2n) is 7.22. The highest BCUT2D eigenvalue weighted by atomic mass is 35.5. The van der Waals surface area contributed by atoms with Crippen molar-refractivity contribution < 1.29 is 9.53 Å². The van der Waals surface area contributed by atoms with Gasteiger partial charge in [0.2, 0.25) is 0 Å². The standard InChI is InChI=1S/C22H22Cl2N4O2/c1-14-15(2)26-28(17-8-9-18(23)19(24)12-17)21(14)25-22(29)27-10-11-30-20(13-27)16-6-4-3-5-7-16/h3-9,12,20H,10-11,13H2,1-2H3,(H,25,29). The summed E-state index contributed by atoms with van der Waals surface area (Å²) in [5.41, 5.74) is 3.49. The number of benzene rings is 2. The lowest BCUT2D eigenvalue weighted by atomic mass is 10.1. The van der Waals surface area contributed by atoms with E-state index in [1.54, 1.807) is 21.7 Å². The van der Waals surface area contributed by atoms with Crippen molar-refractivity contribution in [2.24, 2.45) is 0 Å². The first-order valence-electron chi connectivity index (χ1n) is 9.68. The maximum absolute atomic E-state index is 13.1. The molecule has 0 spiro atoms. The fraction of sp³-hybridized carbons (Fsp3) is 0.273. The number of anilines is 1. The van der Waals surface area contributed by atoms with E-state index in [1.807, 2.05) is 50.2 Å². The Hall–Kier alpha value is -2.54. The minimum Gasteiger partial charge on any atom is -0.370 e. The maximum atomic E-state index is 13.1. The van der Waals surface area contributed by atoms with Gasteiger partial charge in [-0.25, -0.2) is 9.48 Å². The van der Waals surface area contributed by atoms with E-state index in [0.717, 1.165) is 22.5 Å². The molecule has 1 fully saturated rings. The minimum absolute atomic E-state index is 0.145. The Balaban J connectivity index is 1.56. The Morgan fingerprint density at radius 2 is 1.90 bits per heavy atom. The second-order valence-corrected chi connectivity index (χ2v) is 8.03. The molecule has 30 heavy (non-hydrogen) atoms. The van der Waals surface area contributed by atoms with Crippen LogP contribution in [0.4, 0.5) is 10.6 Å². The van der Waals surface area contributed by atoms with Crippen molar-refractivity contribution in [3.05, 3.63) is 75.4 Å². The third-order valence-electron chi connectivity index (χ3n) is 5.26. The van der Waals surface area contributed by atoms with Gasteiger partial charge in [-0.3, -0.25) is 5.32 Å². The molecule has 2 heterocycles. The number of halogens is 2. The molecule has 1 saturated heterocycles. The van der Waals surface area contributed by atoms with E-state index >= 15 is 0 Å². The molecule has 0 radical (unpaired) electrons. The molecule has 1 aromatic heterocycles. The zero-order chi connectivity index (χ0) is 21.3. The molecule has 0 aliphatic carbocycles. The van der Waals surface area contributed by atoms with Crippen molar-refractivity contribution in [2.75, 3.05) is 25.0 Å². The Morgan fingerprint density at radius 3 is 2.63 bits per heavy atom. The van der Waals surface area contributed by atoms with E-state index in [0.29, 0.717) is 35.6 Å². The molecule has 8 heteroatoms. The van der Waals surface area contributed by atoms with Crippen LogP contribution in [0.2, 0.25) is 10.0 Å². The monoisotopic (exact) mass is 444 g/mol. The topological polar surface area (TPSA) is 59.4 Å². The van der Waals surface area contributed by atoms with Crippen molar-refractivity contribution in [3.8, 4) is 5.69 Å². The molecule has 0 saturated carbocycles. The smallest absolute Gasteiger partial charge is 0.323 e. The fourth-order valence-corrected chi connectivity index (χ4v) is 3.73. The Kier molecular flexibility index (Phi) is 5.99. The van der Waals surface area contributed by atoms with E-state index in [-0.39, 0.29) is 12.1 Å². The number of nitrogens with one attached hydrogen (secondary N) is 1. The normalized spacial score (nSPS) is 16.5. The molecular weight excluding hydrogens is 423 g/mol. The first-order valence-corrected chi connectivity index (χ1v) is 10.4. The molecule has 1 atom stereocenters. The molecule has 1 aliphatic heterocycles. The van der Waals surface area contributed by atoms with Crippen molar-refractivity contribution in [1.29, 1.82) is 0 Å². The minimum atomic E-state index is -0.191. The lowest BCUT2D eigenvalue weighted by molar-refractivity contribution is -0.0135. The summed E-state index contributed by atoms with van der Waals surface area (Å²) in [6, 6.07) is 15.0. The second kappa shape index (κ2) is 8.68. The number of hydrogen-bond acceptors (Lipinski definition) is 3. The van der Waals surface area contributed by atoms with Crippen LogP contribution in [0, 0.1) is 13.8 Å². The van der Waals surface area contributed by atoms with Gasteiger partial charge in [-0.15, -0.1) is 0 Å². The summed E-state index contributed by atoms with van der Waals surface area (Å²) in [7, 11) is 0. The van der Waals surface area contributed by atoms with Gasteiger partial charge in [0, 0.05) is 12.1 Å². The summed E-state index contributed by atoms with van der Waals surface area (Å²) < 4.78 is 7.55. The zero-order valence-electron chi connectivity index (χ0n) is 16.7. The summed E-state index contributed by atoms with van der Waals surface area (Å²) in [5, 5.41) is 8.49. The Morgan fingerprint density at radius 1 is 1.13 bits per heavy atom. The number of ether oxygens (including phenoxy) is 1. The predicted octanol–water partition coefficient (Wildman–Crippen LogP) is 5.40. The summed E-state index contributed by atoms with van der Waals surface area (Å²) in [6.07, 6.45) is -0.145. The number of hydrogen-bond donors (Lipinski definition) is 1. The van der Waals surface area contributed by atoms with Crippen LogP contribution in [0.3, 0.4) is 0 Å². The van der Waals surface area contributed by atoms with Crippen molar-refractivity contribution >= 4 is 35.1 Å². The van der Waals surface area contributed by atoms with Crippen LogP contribution in [-0.4, -0.2) is 40.4 Å². The highest BCUT2D eigenvalue weighted by Crippen LogP contribution is 2.29. The van der Waals surface area contributed by atoms with Gasteiger partial charge in [0.25, 0.3) is 0 Å². The molecule has 4 rings (SSSR count). The zero-order valence-corrected chi connectivity index (χ0v) is 18.2. The number of rotatable bonds is 3. The average Bonchev–Trinajstić information content (AvgIpc) is 3.05. The third-order valence-corrected chi connectivity index (χ3v) is 6.00. The van der Waals surface area contributed by atoms with E-state index in [2.05, 4.69) is 10.4 Å². The quantitative estimate of drug-likeness (QED) is 0.587. The molecule has 1 N–H and O–H groups in total. The largest absolute Gasteiger partial charge is 0.370 e. The Bertz CT molecular complexity index is 1070. The van der Waals surface area contributed by atoms with Gasteiger partial charge >= 0.3 is 6.03 Å². The van der Waals surface area contributed by atoms with Crippen LogP contribution < -0.4 is 5.32 Å². The van der Waals surface area contributed by atoms with Gasteiger partial charge in [0.1, 0.15) is 11.9 Å². The third kappa shape index (κ3) is 4.17. The van der Waals surface area contributed by atoms with Gasteiger partial charge in [-0.2, -0.15) is 5.10 Å². The lowest BCUT2D eigenvalue weighted by Gasteiger charge is -2.33. The highest BCUT2D eigenvalue weighted by molar-refractivity contribution is 6.42. The van der Waals surface area contributed by atoms with E-state index in [4.69, 9.17) is 27.9 Å². The number of aromatic nitrogens is 2. The van der Waals surface area contributed by atoms with Gasteiger partial charge < -0.3 is 9.64 Å². The number of carbonyl (C=O) groups excluding carboxylic acids is 1. The molecule has 3 aromatic rings. The summed E-state index contributed by atoms with van der Waals surface area (Å²) >= 11 is 12.2.